The van der Waals surface area contributed by atoms with E-state index in [4.69, 9.17) is 39.1 Å². The lowest BCUT2D eigenvalue weighted by atomic mass is 9.59. The minimum absolute atomic E-state index is 0.141. The molecule has 0 bridgehead atoms. The molecule has 0 aliphatic heterocycles. The lowest BCUT2D eigenvalue weighted by Crippen LogP contribution is -2.59. The third-order valence-corrected chi connectivity index (χ3v) is 6.88. The summed E-state index contributed by atoms with van der Waals surface area (Å²) in [6.45, 7) is 31.7. The summed E-state index contributed by atoms with van der Waals surface area (Å²) in [7, 11) is 0. The fraction of sp³-hybridized carbons (Fsp3) is 0.938. The van der Waals surface area contributed by atoms with Gasteiger partial charge in [-0.05, 0) is 136 Å². The molecule has 0 radical (unpaired) electrons. The van der Waals surface area contributed by atoms with Crippen molar-refractivity contribution in [2.24, 2.45) is 11.8 Å². The van der Waals surface area contributed by atoms with Crippen molar-refractivity contribution in [2.75, 3.05) is 0 Å². The molecular formula is C32H58O8. The van der Waals surface area contributed by atoms with E-state index in [1.165, 1.54) is 0 Å². The quantitative estimate of drug-likeness (QED) is 0.158. The molecule has 2 aliphatic rings. The Labute approximate surface area is 244 Å². The van der Waals surface area contributed by atoms with Crippen LogP contribution in [-0.4, -0.2) is 44.8 Å². The molecule has 0 N–H and O–H groups in total. The largest absolute Gasteiger partial charge is 0.230 e. The third-order valence-electron chi connectivity index (χ3n) is 6.88. The van der Waals surface area contributed by atoms with E-state index in [0.717, 1.165) is 6.42 Å². The highest BCUT2D eigenvalue weighted by molar-refractivity contribution is 5.28. The smallest absolute Gasteiger partial charge is 0.164 e. The molecule has 234 valence electrons. The van der Waals surface area contributed by atoms with E-state index in [9.17, 15) is 0 Å². The Morgan fingerprint density at radius 3 is 1.45 bits per heavy atom. The molecule has 0 heterocycles. The standard InChI is InChI=1S/C32H58O8/c1-25(2,3)33-37-29(13)17-19-31(15,39-35-27(7,8)9)23(21-29)24-22-30(14,38-34-26(4,5)6)18-20-32(24,16)40-36-28(10,11)12/h23-24H,17,19,21-22H2,1-16H3. The zero-order chi connectivity index (χ0) is 31.1. The lowest BCUT2D eigenvalue weighted by molar-refractivity contribution is -0.451. The van der Waals surface area contributed by atoms with Crippen LogP contribution in [0.25, 0.3) is 0 Å². The zero-order valence-electron chi connectivity index (χ0n) is 28.2. The second kappa shape index (κ2) is 11.7. The predicted octanol–water partition coefficient (Wildman–Crippen LogP) is 7.83. The van der Waals surface area contributed by atoms with Crippen LogP contribution < -0.4 is 0 Å². The molecule has 0 spiro atoms. The highest BCUT2D eigenvalue weighted by atomic mass is 17.2. The monoisotopic (exact) mass is 570 g/mol. The Morgan fingerprint density at radius 1 is 0.500 bits per heavy atom. The van der Waals surface area contributed by atoms with Crippen LogP contribution in [0.15, 0.2) is 0 Å². The third kappa shape index (κ3) is 10.8. The maximum atomic E-state index is 6.35. The molecule has 0 saturated heterocycles. The van der Waals surface area contributed by atoms with Crippen LogP contribution in [0.3, 0.4) is 0 Å². The Balaban J connectivity index is 2.57. The second-order valence-electron chi connectivity index (χ2n) is 16.6. The Morgan fingerprint density at radius 2 is 0.950 bits per heavy atom. The Hall–Kier alpha value is -0.760. The first kappa shape index (κ1) is 35.4. The number of hydrogen-bond donors (Lipinski definition) is 0. The average Bonchev–Trinajstić information content (AvgIpc) is 2.77. The van der Waals surface area contributed by atoms with Gasteiger partial charge in [0.05, 0.1) is 22.4 Å². The van der Waals surface area contributed by atoms with Gasteiger partial charge in [-0.25, -0.2) is 39.1 Å². The van der Waals surface area contributed by atoms with Gasteiger partial charge in [0.2, 0.25) is 0 Å². The van der Waals surface area contributed by atoms with Crippen LogP contribution >= 0.6 is 0 Å². The van der Waals surface area contributed by atoms with Crippen molar-refractivity contribution in [2.45, 2.75) is 181 Å². The highest BCUT2D eigenvalue weighted by Crippen LogP contribution is 2.53. The summed E-state index contributed by atoms with van der Waals surface area (Å²) in [5.41, 5.74) is -5.06. The summed E-state index contributed by atoms with van der Waals surface area (Å²) < 4.78 is 0. The predicted molar refractivity (Wildman–Crippen MR) is 155 cm³/mol. The Bertz CT molecular complexity index is 911. The van der Waals surface area contributed by atoms with Crippen LogP contribution in [-0.2, 0) is 39.1 Å². The molecule has 6 unspecified atom stereocenters. The van der Waals surface area contributed by atoms with Crippen molar-refractivity contribution >= 4 is 0 Å². The lowest BCUT2D eigenvalue weighted by Gasteiger charge is -2.54. The van der Waals surface area contributed by atoms with Gasteiger partial charge in [0.25, 0.3) is 0 Å². The Kier molecular flexibility index (Phi) is 10.4. The van der Waals surface area contributed by atoms with Gasteiger partial charge in [-0.1, -0.05) is 11.8 Å². The average molecular weight is 571 g/mol. The minimum atomic E-state index is -0.974. The number of hydrogen-bond acceptors (Lipinski definition) is 8. The molecule has 0 aromatic rings. The molecule has 8 nitrogen and oxygen atoms in total. The molecule has 1 saturated carbocycles. The highest BCUT2D eigenvalue weighted by Gasteiger charge is 2.58. The van der Waals surface area contributed by atoms with Crippen molar-refractivity contribution in [1.29, 1.82) is 0 Å². The summed E-state index contributed by atoms with van der Waals surface area (Å²) >= 11 is 0. The first-order chi connectivity index (χ1) is 17.7. The molecular weight excluding hydrogens is 512 g/mol. The van der Waals surface area contributed by atoms with Gasteiger partial charge in [0.1, 0.15) is 11.2 Å². The first-order valence-corrected chi connectivity index (χ1v) is 14.7. The van der Waals surface area contributed by atoms with Crippen LogP contribution in [0, 0.1) is 23.7 Å². The van der Waals surface area contributed by atoms with Crippen molar-refractivity contribution < 1.29 is 39.1 Å². The van der Waals surface area contributed by atoms with Crippen molar-refractivity contribution in [3.05, 3.63) is 0 Å². The van der Waals surface area contributed by atoms with Crippen LogP contribution in [0.1, 0.15) is 136 Å². The van der Waals surface area contributed by atoms with Gasteiger partial charge in [0.15, 0.2) is 11.2 Å². The van der Waals surface area contributed by atoms with Gasteiger partial charge in [-0.3, -0.25) is 0 Å². The van der Waals surface area contributed by atoms with Crippen molar-refractivity contribution in [3.63, 3.8) is 0 Å². The van der Waals surface area contributed by atoms with E-state index in [1.54, 1.807) is 0 Å². The molecule has 2 aliphatic carbocycles. The molecule has 0 aromatic heterocycles. The molecule has 2 rings (SSSR count). The molecule has 0 amide bonds. The normalized spacial score (nSPS) is 35.8. The fourth-order valence-electron chi connectivity index (χ4n) is 4.78. The topological polar surface area (TPSA) is 73.8 Å². The van der Waals surface area contributed by atoms with Gasteiger partial charge in [0, 0.05) is 11.8 Å². The minimum Gasteiger partial charge on any atom is -0.230 e. The molecule has 0 aromatic carbocycles. The maximum absolute atomic E-state index is 6.35. The van der Waals surface area contributed by atoms with Crippen LogP contribution in [0.4, 0.5) is 0 Å². The van der Waals surface area contributed by atoms with Crippen molar-refractivity contribution in [3.8, 4) is 11.8 Å². The van der Waals surface area contributed by atoms with E-state index >= 15 is 0 Å². The second-order valence-corrected chi connectivity index (χ2v) is 16.6. The molecule has 40 heavy (non-hydrogen) atoms. The zero-order valence-corrected chi connectivity index (χ0v) is 28.2. The first-order valence-electron chi connectivity index (χ1n) is 14.7. The fourth-order valence-corrected chi connectivity index (χ4v) is 4.78. The van der Waals surface area contributed by atoms with Gasteiger partial charge in [-0.2, -0.15) is 0 Å². The van der Waals surface area contributed by atoms with Crippen LogP contribution in [0.2, 0.25) is 0 Å². The van der Waals surface area contributed by atoms with E-state index in [2.05, 4.69) is 25.7 Å². The van der Waals surface area contributed by atoms with E-state index in [0.29, 0.717) is 19.3 Å². The summed E-state index contributed by atoms with van der Waals surface area (Å²) in [6, 6.07) is 0. The van der Waals surface area contributed by atoms with E-state index < -0.39 is 44.8 Å². The summed E-state index contributed by atoms with van der Waals surface area (Å²) in [5.74, 6) is 6.30. The van der Waals surface area contributed by atoms with Gasteiger partial charge in [-0.15, -0.1) is 0 Å². The summed E-state index contributed by atoms with van der Waals surface area (Å²) in [6.07, 6.45) is 2.52. The molecule has 6 atom stereocenters. The molecule has 8 heteroatoms. The van der Waals surface area contributed by atoms with Crippen LogP contribution in [0.5, 0.6) is 0 Å². The number of rotatable bonds is 9. The van der Waals surface area contributed by atoms with Crippen molar-refractivity contribution in [1.82, 2.24) is 0 Å². The van der Waals surface area contributed by atoms with E-state index in [-0.39, 0.29) is 11.8 Å². The maximum Gasteiger partial charge on any atom is 0.164 e. The SMILES string of the molecule is CC(C)(C)OOC1(C)C#CC(C)(OOC(C)(C)C)C(C2CC(C)(OOC(C)(C)C)CCC2(C)OOC(C)(C)C)C1. The van der Waals surface area contributed by atoms with Gasteiger partial charge < -0.3 is 0 Å². The molecule has 1 fully saturated rings. The van der Waals surface area contributed by atoms with E-state index in [1.807, 2.05) is 96.9 Å². The summed E-state index contributed by atoms with van der Waals surface area (Å²) in [4.78, 5) is 48.2. The van der Waals surface area contributed by atoms with Gasteiger partial charge >= 0.3 is 0 Å². The summed E-state index contributed by atoms with van der Waals surface area (Å²) in [5, 5.41) is 0.